The van der Waals surface area contributed by atoms with Crippen LogP contribution in [0.3, 0.4) is 0 Å². The van der Waals surface area contributed by atoms with E-state index < -0.39 is 5.60 Å². The number of ether oxygens (including phenoxy) is 1. The summed E-state index contributed by atoms with van der Waals surface area (Å²) < 4.78 is 6.40. The highest BCUT2D eigenvalue weighted by Crippen LogP contribution is 2.17. The van der Waals surface area contributed by atoms with E-state index in [1.165, 1.54) is 0 Å². The quantitative estimate of drug-likeness (QED) is 0.808. The highest BCUT2D eigenvalue weighted by molar-refractivity contribution is 9.10. The molecule has 1 unspecified atom stereocenters. The molecule has 1 aromatic rings. The van der Waals surface area contributed by atoms with Gasteiger partial charge in [-0.05, 0) is 31.5 Å². The van der Waals surface area contributed by atoms with Crippen LogP contribution in [0, 0.1) is 0 Å². The second-order valence-electron chi connectivity index (χ2n) is 4.68. The van der Waals surface area contributed by atoms with Crippen LogP contribution in [0.15, 0.2) is 28.7 Å². The number of hydrogen-bond acceptors (Lipinski definition) is 3. The molecular formula is C14H20BrNO3. The molecule has 0 fully saturated rings. The summed E-state index contributed by atoms with van der Waals surface area (Å²) in [5, 5.41) is 12.4. The molecule has 19 heavy (non-hydrogen) atoms. The molecule has 1 amide bonds. The minimum Gasteiger partial charge on any atom is -0.493 e. The zero-order chi connectivity index (χ0) is 14.3. The summed E-state index contributed by atoms with van der Waals surface area (Å²) in [5.41, 5.74) is -0.846. The second kappa shape index (κ2) is 7.50. The van der Waals surface area contributed by atoms with Gasteiger partial charge >= 0.3 is 0 Å². The van der Waals surface area contributed by atoms with Gasteiger partial charge in [0.25, 0.3) is 0 Å². The molecule has 4 nitrogen and oxygen atoms in total. The molecule has 1 aromatic carbocycles. The third kappa shape index (κ3) is 6.59. The summed E-state index contributed by atoms with van der Waals surface area (Å²) in [6.07, 6.45) is 0.869. The van der Waals surface area contributed by atoms with Gasteiger partial charge < -0.3 is 15.2 Å². The number of hydrogen-bond donors (Lipinski definition) is 2. The van der Waals surface area contributed by atoms with Crippen LogP contribution in [0.25, 0.3) is 0 Å². The van der Waals surface area contributed by atoms with E-state index >= 15 is 0 Å². The molecule has 0 saturated heterocycles. The van der Waals surface area contributed by atoms with Gasteiger partial charge in [-0.2, -0.15) is 0 Å². The van der Waals surface area contributed by atoms with E-state index in [2.05, 4.69) is 21.2 Å². The minimum atomic E-state index is -0.846. The van der Waals surface area contributed by atoms with Gasteiger partial charge in [0.15, 0.2) is 0 Å². The van der Waals surface area contributed by atoms with E-state index in [0.717, 1.165) is 10.2 Å². The number of halogens is 1. The van der Waals surface area contributed by atoms with E-state index in [4.69, 9.17) is 4.74 Å². The van der Waals surface area contributed by atoms with Crippen molar-refractivity contribution in [3.05, 3.63) is 28.7 Å². The normalized spacial score (nSPS) is 13.7. The predicted molar refractivity (Wildman–Crippen MR) is 78.2 cm³/mol. The van der Waals surface area contributed by atoms with Gasteiger partial charge in [0.05, 0.1) is 18.6 Å². The summed E-state index contributed by atoms with van der Waals surface area (Å²) in [4.78, 5) is 11.6. The molecule has 2 N–H and O–H groups in total. The molecule has 1 rings (SSSR count). The standard InChI is InChI=1S/C14H20BrNO3/c1-3-14(2,18)10-16-13(17)7-8-19-12-6-4-5-11(15)9-12/h4-6,9,18H,3,7-8,10H2,1-2H3,(H,16,17). The van der Waals surface area contributed by atoms with Crippen LogP contribution in [-0.2, 0) is 4.79 Å². The number of amides is 1. The second-order valence-corrected chi connectivity index (χ2v) is 5.60. The summed E-state index contributed by atoms with van der Waals surface area (Å²) >= 11 is 3.35. The fraction of sp³-hybridized carbons (Fsp3) is 0.500. The van der Waals surface area contributed by atoms with Crippen molar-refractivity contribution >= 4 is 21.8 Å². The van der Waals surface area contributed by atoms with Crippen LogP contribution in [0.1, 0.15) is 26.7 Å². The minimum absolute atomic E-state index is 0.122. The van der Waals surface area contributed by atoms with Gasteiger partial charge in [-0.1, -0.05) is 28.9 Å². The number of benzene rings is 1. The molecule has 106 valence electrons. The summed E-state index contributed by atoms with van der Waals surface area (Å²) in [6.45, 7) is 4.16. The Hall–Kier alpha value is -1.07. The van der Waals surface area contributed by atoms with Gasteiger partial charge in [-0.25, -0.2) is 0 Å². The summed E-state index contributed by atoms with van der Waals surface area (Å²) in [5.74, 6) is 0.603. The summed E-state index contributed by atoms with van der Waals surface area (Å²) in [6, 6.07) is 7.47. The number of nitrogens with one attached hydrogen (secondary N) is 1. The lowest BCUT2D eigenvalue weighted by molar-refractivity contribution is -0.122. The zero-order valence-electron chi connectivity index (χ0n) is 11.3. The van der Waals surface area contributed by atoms with Crippen LogP contribution in [0.2, 0.25) is 0 Å². The average molecular weight is 330 g/mol. The fourth-order valence-corrected chi connectivity index (χ4v) is 1.70. The maximum atomic E-state index is 11.6. The van der Waals surface area contributed by atoms with Crippen molar-refractivity contribution in [3.8, 4) is 5.75 Å². The van der Waals surface area contributed by atoms with E-state index in [-0.39, 0.29) is 18.9 Å². The lowest BCUT2D eigenvalue weighted by Crippen LogP contribution is -2.40. The smallest absolute Gasteiger partial charge is 0.223 e. The molecule has 0 saturated carbocycles. The first-order valence-corrected chi connectivity index (χ1v) is 7.10. The molecule has 0 radical (unpaired) electrons. The molecule has 0 aliphatic rings. The van der Waals surface area contributed by atoms with Crippen molar-refractivity contribution in [2.75, 3.05) is 13.2 Å². The van der Waals surface area contributed by atoms with Crippen molar-refractivity contribution in [2.45, 2.75) is 32.3 Å². The molecule has 0 aromatic heterocycles. The molecule has 0 bridgehead atoms. The van der Waals surface area contributed by atoms with E-state index in [9.17, 15) is 9.90 Å². The van der Waals surface area contributed by atoms with Crippen LogP contribution < -0.4 is 10.1 Å². The molecule has 5 heteroatoms. The van der Waals surface area contributed by atoms with Gasteiger partial charge in [0.2, 0.25) is 5.91 Å². The number of carbonyl (C=O) groups excluding carboxylic acids is 1. The number of rotatable bonds is 7. The largest absolute Gasteiger partial charge is 0.493 e. The monoisotopic (exact) mass is 329 g/mol. The van der Waals surface area contributed by atoms with Crippen molar-refractivity contribution in [1.29, 1.82) is 0 Å². The van der Waals surface area contributed by atoms with Crippen LogP contribution in [0.4, 0.5) is 0 Å². The Balaban J connectivity index is 2.24. The van der Waals surface area contributed by atoms with Crippen molar-refractivity contribution < 1.29 is 14.6 Å². The Morgan fingerprint density at radius 1 is 1.53 bits per heavy atom. The fourth-order valence-electron chi connectivity index (χ4n) is 1.32. The molecule has 0 heterocycles. The van der Waals surface area contributed by atoms with Crippen LogP contribution in [-0.4, -0.2) is 29.8 Å². The Kier molecular flexibility index (Phi) is 6.31. The Labute approximate surface area is 122 Å². The third-order valence-corrected chi connectivity index (χ3v) is 3.32. The number of aliphatic hydroxyl groups is 1. The van der Waals surface area contributed by atoms with Gasteiger partial charge in [-0.15, -0.1) is 0 Å². The Morgan fingerprint density at radius 3 is 2.89 bits per heavy atom. The van der Waals surface area contributed by atoms with Crippen molar-refractivity contribution in [3.63, 3.8) is 0 Å². The average Bonchev–Trinajstić information content (AvgIpc) is 2.37. The van der Waals surface area contributed by atoms with Crippen molar-refractivity contribution in [1.82, 2.24) is 5.32 Å². The molecule has 0 spiro atoms. The van der Waals surface area contributed by atoms with E-state index in [0.29, 0.717) is 13.0 Å². The number of carbonyl (C=O) groups is 1. The maximum Gasteiger partial charge on any atom is 0.223 e. The lowest BCUT2D eigenvalue weighted by atomic mass is 10.0. The van der Waals surface area contributed by atoms with Gasteiger partial charge in [-0.3, -0.25) is 4.79 Å². The maximum absolute atomic E-state index is 11.6. The predicted octanol–water partition coefficient (Wildman–Crippen LogP) is 2.50. The lowest BCUT2D eigenvalue weighted by Gasteiger charge is -2.21. The van der Waals surface area contributed by atoms with Crippen LogP contribution >= 0.6 is 15.9 Å². The van der Waals surface area contributed by atoms with Gasteiger partial charge in [0.1, 0.15) is 5.75 Å². The van der Waals surface area contributed by atoms with E-state index in [1.807, 2.05) is 31.2 Å². The Bertz CT molecular complexity index is 421. The van der Waals surface area contributed by atoms with Crippen LogP contribution in [0.5, 0.6) is 5.75 Å². The topological polar surface area (TPSA) is 58.6 Å². The first kappa shape index (κ1) is 16.0. The SMILES string of the molecule is CCC(C)(O)CNC(=O)CCOc1cccc(Br)c1. The third-order valence-electron chi connectivity index (χ3n) is 2.82. The highest BCUT2D eigenvalue weighted by Gasteiger charge is 2.18. The van der Waals surface area contributed by atoms with Crippen molar-refractivity contribution in [2.24, 2.45) is 0 Å². The zero-order valence-corrected chi connectivity index (χ0v) is 12.9. The van der Waals surface area contributed by atoms with Gasteiger partial charge in [0, 0.05) is 11.0 Å². The molecular weight excluding hydrogens is 310 g/mol. The summed E-state index contributed by atoms with van der Waals surface area (Å²) in [7, 11) is 0. The first-order valence-electron chi connectivity index (χ1n) is 6.30. The highest BCUT2D eigenvalue weighted by atomic mass is 79.9. The molecule has 0 aliphatic heterocycles. The first-order chi connectivity index (χ1) is 8.93. The Morgan fingerprint density at radius 2 is 2.26 bits per heavy atom. The molecule has 1 atom stereocenters. The molecule has 0 aliphatic carbocycles. The van der Waals surface area contributed by atoms with E-state index in [1.54, 1.807) is 6.92 Å².